The predicted molar refractivity (Wildman–Crippen MR) is 51.8 cm³/mol. The highest BCUT2D eigenvalue weighted by Crippen LogP contribution is 2.43. The fourth-order valence-electron chi connectivity index (χ4n) is 2.54. The second-order valence-corrected chi connectivity index (χ2v) is 4.49. The molecule has 1 saturated carbocycles. The minimum absolute atomic E-state index is 0.318. The van der Waals surface area contributed by atoms with Crippen molar-refractivity contribution in [3.8, 4) is 0 Å². The van der Waals surface area contributed by atoms with Gasteiger partial charge in [0.2, 0.25) is 0 Å². The maximum absolute atomic E-state index is 9.71. The molecule has 0 aromatic rings. The van der Waals surface area contributed by atoms with Gasteiger partial charge in [0.25, 0.3) is 5.79 Å². The maximum Gasteiger partial charge on any atom is 0.250 e. The van der Waals surface area contributed by atoms with Gasteiger partial charge in [0.05, 0.1) is 6.61 Å². The minimum Gasteiger partial charge on any atom is -0.451 e. The van der Waals surface area contributed by atoms with E-state index in [0.29, 0.717) is 24.7 Å². The second kappa shape index (κ2) is 3.39. The van der Waals surface area contributed by atoms with Crippen LogP contribution >= 0.6 is 0 Å². The summed E-state index contributed by atoms with van der Waals surface area (Å²) in [6, 6.07) is 0. The summed E-state index contributed by atoms with van der Waals surface area (Å²) in [4.78, 5) is 0. The van der Waals surface area contributed by atoms with E-state index in [0.717, 1.165) is 25.7 Å². The van der Waals surface area contributed by atoms with Gasteiger partial charge in [-0.2, -0.15) is 0 Å². The Labute approximate surface area is 88.8 Å². The highest BCUT2D eigenvalue weighted by Gasteiger charge is 2.46. The highest BCUT2D eigenvalue weighted by atomic mass is 16.7. The van der Waals surface area contributed by atoms with Crippen molar-refractivity contribution in [1.82, 2.24) is 0 Å². The quantitative estimate of drug-likeness (QED) is 0.657. The molecule has 0 bridgehead atoms. The lowest BCUT2D eigenvalue weighted by Crippen LogP contribution is -2.34. The Kier molecular flexibility index (Phi) is 2.14. The molecule has 3 aliphatic rings. The molecule has 1 spiro atoms. The molecular formula is C11H16O4. The number of aliphatic hydroxyl groups is 1. The van der Waals surface area contributed by atoms with Gasteiger partial charge < -0.3 is 19.3 Å². The average molecular weight is 212 g/mol. The average Bonchev–Trinajstić information content (AvgIpc) is 2.59. The van der Waals surface area contributed by atoms with Crippen molar-refractivity contribution >= 4 is 0 Å². The van der Waals surface area contributed by atoms with Gasteiger partial charge in [0, 0.05) is 12.8 Å². The van der Waals surface area contributed by atoms with E-state index in [2.05, 4.69) is 0 Å². The van der Waals surface area contributed by atoms with Crippen molar-refractivity contribution in [2.24, 2.45) is 0 Å². The first-order chi connectivity index (χ1) is 7.29. The summed E-state index contributed by atoms with van der Waals surface area (Å²) in [5.41, 5.74) is 0. The molecule has 1 atom stereocenters. The van der Waals surface area contributed by atoms with Gasteiger partial charge >= 0.3 is 0 Å². The molecule has 2 aliphatic heterocycles. The van der Waals surface area contributed by atoms with Crippen LogP contribution in [-0.2, 0) is 14.2 Å². The van der Waals surface area contributed by atoms with Crippen LogP contribution in [0.4, 0.5) is 0 Å². The third-order valence-corrected chi connectivity index (χ3v) is 3.31. The van der Waals surface area contributed by atoms with E-state index in [9.17, 15) is 5.11 Å². The zero-order chi connectivity index (χ0) is 10.3. The number of ether oxygens (including phenoxy) is 3. The summed E-state index contributed by atoms with van der Waals surface area (Å²) in [5.74, 6) is 0.844. The van der Waals surface area contributed by atoms with Gasteiger partial charge in [-0.25, -0.2) is 0 Å². The molecule has 0 radical (unpaired) electrons. The molecule has 0 unspecified atom stereocenters. The predicted octanol–water partition coefficient (Wildman–Crippen LogP) is 1.30. The van der Waals surface area contributed by atoms with Crippen LogP contribution in [0.15, 0.2) is 11.5 Å². The van der Waals surface area contributed by atoms with E-state index in [4.69, 9.17) is 14.2 Å². The Hall–Kier alpha value is -0.740. The smallest absolute Gasteiger partial charge is 0.250 e. The molecule has 0 amide bonds. The molecule has 1 aliphatic carbocycles. The Morgan fingerprint density at radius 1 is 1.13 bits per heavy atom. The molecule has 0 saturated heterocycles. The number of rotatable bonds is 0. The monoisotopic (exact) mass is 212 g/mol. The summed E-state index contributed by atoms with van der Waals surface area (Å²) < 4.78 is 16.9. The number of hydrogen-bond donors (Lipinski definition) is 1. The number of aliphatic hydroxyl groups excluding tert-OH is 1. The van der Waals surface area contributed by atoms with E-state index < -0.39 is 11.9 Å². The van der Waals surface area contributed by atoms with Crippen molar-refractivity contribution in [3.63, 3.8) is 0 Å². The van der Waals surface area contributed by atoms with E-state index in [1.807, 2.05) is 0 Å². The Morgan fingerprint density at radius 2 is 1.93 bits per heavy atom. The highest BCUT2D eigenvalue weighted by molar-refractivity contribution is 5.16. The second-order valence-electron chi connectivity index (χ2n) is 4.49. The minimum atomic E-state index is -0.643. The molecule has 1 fully saturated rings. The van der Waals surface area contributed by atoms with E-state index in [-0.39, 0.29) is 0 Å². The summed E-state index contributed by atoms with van der Waals surface area (Å²) in [6.45, 7) is 0.756. The van der Waals surface area contributed by atoms with Crippen LogP contribution in [0.2, 0.25) is 0 Å². The number of hydrogen-bond acceptors (Lipinski definition) is 4. The van der Waals surface area contributed by atoms with Gasteiger partial charge in [-0.1, -0.05) is 6.42 Å². The molecule has 3 rings (SSSR count). The van der Waals surface area contributed by atoms with Crippen LogP contribution in [0.25, 0.3) is 0 Å². The van der Waals surface area contributed by atoms with Gasteiger partial charge in [0.15, 0.2) is 11.5 Å². The largest absolute Gasteiger partial charge is 0.451 e. The molecule has 15 heavy (non-hydrogen) atoms. The van der Waals surface area contributed by atoms with Gasteiger partial charge in [-0.15, -0.1) is 0 Å². The van der Waals surface area contributed by atoms with Gasteiger partial charge in [-0.3, -0.25) is 0 Å². The lowest BCUT2D eigenvalue weighted by molar-refractivity contribution is -0.178. The van der Waals surface area contributed by atoms with Crippen molar-refractivity contribution in [3.05, 3.63) is 11.5 Å². The van der Waals surface area contributed by atoms with Crippen molar-refractivity contribution in [1.29, 1.82) is 0 Å². The van der Waals surface area contributed by atoms with Crippen LogP contribution in [0.5, 0.6) is 0 Å². The lowest BCUT2D eigenvalue weighted by Gasteiger charge is -2.32. The third-order valence-electron chi connectivity index (χ3n) is 3.31. The van der Waals surface area contributed by atoms with Crippen LogP contribution in [0, 0.1) is 0 Å². The fourth-order valence-corrected chi connectivity index (χ4v) is 2.54. The zero-order valence-electron chi connectivity index (χ0n) is 8.70. The summed E-state index contributed by atoms with van der Waals surface area (Å²) in [7, 11) is 0. The van der Waals surface area contributed by atoms with Crippen molar-refractivity contribution < 1.29 is 19.3 Å². The fraction of sp³-hybridized carbons (Fsp3) is 0.818. The SMILES string of the molecule is O[C@H]1COCC2=C1OC1(CCCCC1)O2. The van der Waals surface area contributed by atoms with Crippen molar-refractivity contribution in [2.45, 2.75) is 44.0 Å². The first-order valence-corrected chi connectivity index (χ1v) is 5.66. The topological polar surface area (TPSA) is 47.9 Å². The Bertz CT molecular complexity index is 291. The molecule has 84 valence electrons. The third kappa shape index (κ3) is 1.52. The molecule has 2 heterocycles. The normalized spacial score (nSPS) is 33.5. The Morgan fingerprint density at radius 3 is 2.67 bits per heavy atom. The first-order valence-electron chi connectivity index (χ1n) is 5.66. The summed E-state index contributed by atoms with van der Waals surface area (Å²) in [6.07, 6.45) is 4.72. The molecule has 4 heteroatoms. The van der Waals surface area contributed by atoms with Crippen LogP contribution in [-0.4, -0.2) is 30.2 Å². The standard InChI is InChI=1S/C11H16O4/c12-8-6-13-7-9-10(8)15-11(14-9)4-2-1-3-5-11/h8,12H,1-7H2/t8-/m0/s1. The molecule has 0 aromatic carbocycles. The van der Waals surface area contributed by atoms with Crippen molar-refractivity contribution in [2.75, 3.05) is 13.2 Å². The van der Waals surface area contributed by atoms with E-state index >= 15 is 0 Å². The Balaban J connectivity index is 1.79. The lowest BCUT2D eigenvalue weighted by atomic mass is 9.94. The summed E-state index contributed by atoms with van der Waals surface area (Å²) >= 11 is 0. The zero-order valence-corrected chi connectivity index (χ0v) is 8.70. The van der Waals surface area contributed by atoms with Crippen LogP contribution in [0.1, 0.15) is 32.1 Å². The maximum atomic E-state index is 9.71. The molecule has 4 nitrogen and oxygen atoms in total. The van der Waals surface area contributed by atoms with Gasteiger partial charge in [0.1, 0.15) is 12.7 Å². The molecule has 1 N–H and O–H groups in total. The van der Waals surface area contributed by atoms with Gasteiger partial charge in [-0.05, 0) is 12.8 Å². The first kappa shape index (κ1) is 9.48. The van der Waals surface area contributed by atoms with Crippen LogP contribution < -0.4 is 0 Å². The molecular weight excluding hydrogens is 196 g/mol. The van der Waals surface area contributed by atoms with E-state index in [1.54, 1.807) is 0 Å². The van der Waals surface area contributed by atoms with Crippen LogP contribution in [0.3, 0.4) is 0 Å². The molecule has 0 aromatic heterocycles. The summed E-state index contributed by atoms with van der Waals surface area (Å²) in [5, 5.41) is 9.71. The van der Waals surface area contributed by atoms with E-state index in [1.165, 1.54) is 6.42 Å².